The summed E-state index contributed by atoms with van der Waals surface area (Å²) in [6.07, 6.45) is 0.633. The smallest absolute Gasteiger partial charge is 0.410 e. The largest absolute Gasteiger partial charge is 0.489 e. The quantitative estimate of drug-likeness (QED) is 0.612. The van der Waals surface area contributed by atoms with E-state index in [1.165, 1.54) is 0 Å². The van der Waals surface area contributed by atoms with Gasteiger partial charge in [0.1, 0.15) is 18.0 Å². The fraction of sp³-hybridized carbons (Fsp3) is 0.400. The van der Waals surface area contributed by atoms with Crippen molar-refractivity contribution in [1.82, 2.24) is 15.8 Å². The number of rotatable bonds is 5. The van der Waals surface area contributed by atoms with Crippen LogP contribution in [0.2, 0.25) is 5.02 Å². The first kappa shape index (κ1) is 25.4. The lowest BCUT2D eigenvalue weighted by Crippen LogP contribution is -2.48. The molecule has 0 aliphatic carbocycles. The zero-order chi connectivity index (χ0) is 24.7. The fourth-order valence-corrected chi connectivity index (χ4v) is 3.52. The Bertz CT molecular complexity index is 995. The van der Waals surface area contributed by atoms with Crippen molar-refractivity contribution in [2.75, 3.05) is 13.1 Å². The highest BCUT2D eigenvalue weighted by atomic mass is 35.5. The highest BCUT2D eigenvalue weighted by Gasteiger charge is 2.30. The van der Waals surface area contributed by atoms with Crippen LogP contribution in [0.5, 0.6) is 5.75 Å². The molecule has 0 saturated carbocycles. The van der Waals surface area contributed by atoms with Gasteiger partial charge < -0.3 is 14.4 Å². The van der Waals surface area contributed by atoms with Gasteiger partial charge in [-0.15, -0.1) is 0 Å². The summed E-state index contributed by atoms with van der Waals surface area (Å²) in [6.45, 7) is 6.66. The van der Waals surface area contributed by atoms with Crippen molar-refractivity contribution in [1.29, 1.82) is 0 Å². The van der Waals surface area contributed by atoms with Crippen LogP contribution >= 0.6 is 11.6 Å². The molecule has 0 unspecified atom stereocenters. The molecule has 0 atom stereocenters. The minimum Gasteiger partial charge on any atom is -0.489 e. The molecule has 34 heavy (non-hydrogen) atoms. The Labute approximate surface area is 204 Å². The molecule has 0 radical (unpaired) electrons. The summed E-state index contributed by atoms with van der Waals surface area (Å²) in [7, 11) is 0. The van der Waals surface area contributed by atoms with E-state index in [0.717, 1.165) is 5.56 Å². The van der Waals surface area contributed by atoms with Crippen molar-refractivity contribution in [3.63, 3.8) is 0 Å². The molecule has 2 N–H and O–H groups in total. The number of hydrazine groups is 1. The van der Waals surface area contributed by atoms with Crippen LogP contribution in [0.25, 0.3) is 0 Å². The molecule has 2 aromatic rings. The summed E-state index contributed by atoms with van der Waals surface area (Å²) >= 11 is 5.86. The zero-order valence-corrected chi connectivity index (χ0v) is 20.4. The SMILES string of the molecule is CC(C)(C)OC(=O)N1CCC(C(=O)NNC(=O)c2ccc(COc3ccc(Cl)cc3)cc2)CC1. The maximum atomic E-state index is 12.4. The molecule has 1 fully saturated rings. The highest BCUT2D eigenvalue weighted by molar-refractivity contribution is 6.30. The molecule has 182 valence electrons. The summed E-state index contributed by atoms with van der Waals surface area (Å²) in [5.74, 6) is -0.271. The maximum absolute atomic E-state index is 12.4. The molecular weight excluding hydrogens is 458 g/mol. The van der Waals surface area contributed by atoms with E-state index in [1.807, 2.05) is 20.8 Å². The van der Waals surface area contributed by atoms with Gasteiger partial charge in [0.15, 0.2) is 0 Å². The van der Waals surface area contributed by atoms with E-state index in [0.29, 0.717) is 48.9 Å². The van der Waals surface area contributed by atoms with Crippen molar-refractivity contribution < 1.29 is 23.9 Å². The number of benzene rings is 2. The van der Waals surface area contributed by atoms with E-state index in [1.54, 1.807) is 53.4 Å². The van der Waals surface area contributed by atoms with Gasteiger partial charge >= 0.3 is 6.09 Å². The van der Waals surface area contributed by atoms with Crippen molar-refractivity contribution in [2.45, 2.75) is 45.8 Å². The van der Waals surface area contributed by atoms with Crippen LogP contribution in [-0.2, 0) is 16.1 Å². The van der Waals surface area contributed by atoms with Gasteiger partial charge in [0, 0.05) is 29.6 Å². The number of nitrogens with one attached hydrogen (secondary N) is 2. The van der Waals surface area contributed by atoms with E-state index in [4.69, 9.17) is 21.1 Å². The van der Waals surface area contributed by atoms with Gasteiger partial charge in [-0.2, -0.15) is 0 Å². The Morgan fingerprint density at radius 2 is 1.59 bits per heavy atom. The van der Waals surface area contributed by atoms with E-state index in [9.17, 15) is 14.4 Å². The monoisotopic (exact) mass is 487 g/mol. The summed E-state index contributed by atoms with van der Waals surface area (Å²) in [5.41, 5.74) is 5.70. The second-order valence-corrected chi connectivity index (χ2v) is 9.56. The molecule has 2 aromatic carbocycles. The van der Waals surface area contributed by atoms with E-state index in [2.05, 4.69) is 10.9 Å². The van der Waals surface area contributed by atoms with Crippen molar-refractivity contribution in [3.8, 4) is 5.75 Å². The van der Waals surface area contributed by atoms with Crippen LogP contribution in [0.1, 0.15) is 49.5 Å². The number of amides is 3. The molecule has 3 rings (SSSR count). The van der Waals surface area contributed by atoms with Gasteiger partial charge in [-0.25, -0.2) is 4.79 Å². The van der Waals surface area contributed by atoms with E-state index in [-0.39, 0.29) is 17.9 Å². The molecule has 9 heteroatoms. The Balaban J connectivity index is 1.40. The van der Waals surface area contributed by atoms with Crippen LogP contribution in [0.3, 0.4) is 0 Å². The first-order chi connectivity index (χ1) is 16.1. The van der Waals surface area contributed by atoms with Crippen molar-refractivity contribution in [3.05, 3.63) is 64.7 Å². The third-order valence-corrected chi connectivity index (χ3v) is 5.50. The van der Waals surface area contributed by atoms with Crippen molar-refractivity contribution in [2.24, 2.45) is 5.92 Å². The minimum absolute atomic E-state index is 0.273. The van der Waals surface area contributed by atoms with Crippen LogP contribution in [0, 0.1) is 5.92 Å². The Kier molecular flexibility index (Phi) is 8.39. The molecule has 0 spiro atoms. The number of hydrogen-bond donors (Lipinski definition) is 2. The highest BCUT2D eigenvalue weighted by Crippen LogP contribution is 2.20. The molecule has 1 saturated heterocycles. The van der Waals surface area contributed by atoms with Crippen molar-refractivity contribution >= 4 is 29.5 Å². The molecule has 0 bridgehead atoms. The lowest BCUT2D eigenvalue weighted by atomic mass is 9.96. The average molecular weight is 488 g/mol. The first-order valence-electron chi connectivity index (χ1n) is 11.2. The summed E-state index contributed by atoms with van der Waals surface area (Å²) in [4.78, 5) is 38.6. The second-order valence-electron chi connectivity index (χ2n) is 9.12. The zero-order valence-electron chi connectivity index (χ0n) is 19.6. The molecule has 0 aromatic heterocycles. The third-order valence-electron chi connectivity index (χ3n) is 5.25. The topological polar surface area (TPSA) is 97.0 Å². The van der Waals surface area contributed by atoms with Gasteiger partial charge in [0.05, 0.1) is 0 Å². The number of halogens is 1. The molecule has 1 aliphatic rings. The molecular formula is C25H30ClN3O5. The first-order valence-corrected chi connectivity index (χ1v) is 11.5. The molecule has 1 aliphatic heterocycles. The van der Waals surface area contributed by atoms with Gasteiger partial charge in [-0.05, 0) is 75.6 Å². The standard InChI is InChI=1S/C25H30ClN3O5/c1-25(2,3)34-24(32)29-14-12-19(13-15-29)23(31)28-27-22(30)18-6-4-17(5-7-18)16-33-21-10-8-20(26)9-11-21/h4-11,19H,12-16H2,1-3H3,(H,27,30)(H,28,31). The van der Waals surface area contributed by atoms with E-state index < -0.39 is 11.5 Å². The fourth-order valence-electron chi connectivity index (χ4n) is 3.39. The molecule has 3 amide bonds. The Hall–Kier alpha value is -3.26. The van der Waals surface area contributed by atoms with E-state index >= 15 is 0 Å². The van der Waals surface area contributed by atoms with Crippen LogP contribution < -0.4 is 15.6 Å². The number of nitrogens with zero attached hydrogens (tertiary/aromatic N) is 1. The molecule has 8 nitrogen and oxygen atoms in total. The van der Waals surface area contributed by atoms with Crippen LogP contribution in [0.15, 0.2) is 48.5 Å². The lowest BCUT2D eigenvalue weighted by Gasteiger charge is -2.32. The number of ether oxygens (including phenoxy) is 2. The van der Waals surface area contributed by atoms with Crippen LogP contribution in [-0.4, -0.2) is 41.5 Å². The summed E-state index contributed by atoms with van der Waals surface area (Å²) < 4.78 is 11.1. The number of carbonyl (C=O) groups is 3. The Morgan fingerprint density at radius 1 is 0.971 bits per heavy atom. The normalized spacial score (nSPS) is 14.3. The van der Waals surface area contributed by atoms with Gasteiger partial charge in [0.25, 0.3) is 5.91 Å². The van der Waals surface area contributed by atoms with Gasteiger partial charge in [0.2, 0.25) is 5.91 Å². The number of likely N-dealkylation sites (tertiary alicyclic amines) is 1. The predicted octanol–water partition coefficient (Wildman–Crippen LogP) is 4.33. The number of piperidine rings is 1. The minimum atomic E-state index is -0.558. The predicted molar refractivity (Wildman–Crippen MR) is 128 cm³/mol. The third kappa shape index (κ3) is 7.66. The summed E-state index contributed by atoms with van der Waals surface area (Å²) in [6, 6.07) is 14.0. The number of hydrogen-bond acceptors (Lipinski definition) is 5. The van der Waals surface area contributed by atoms with Gasteiger partial charge in [-0.1, -0.05) is 23.7 Å². The maximum Gasteiger partial charge on any atom is 0.410 e. The summed E-state index contributed by atoms with van der Waals surface area (Å²) in [5, 5.41) is 0.640. The van der Waals surface area contributed by atoms with Gasteiger partial charge in [-0.3, -0.25) is 20.4 Å². The number of carbonyl (C=O) groups excluding carboxylic acids is 3. The Morgan fingerprint density at radius 3 is 2.18 bits per heavy atom. The lowest BCUT2D eigenvalue weighted by molar-refractivity contribution is -0.127. The average Bonchev–Trinajstić information content (AvgIpc) is 2.81. The molecule has 1 heterocycles. The van der Waals surface area contributed by atoms with Crippen LogP contribution in [0.4, 0.5) is 4.79 Å². The second kappa shape index (κ2) is 11.2.